The van der Waals surface area contributed by atoms with E-state index in [9.17, 15) is 13.2 Å². The average Bonchev–Trinajstić information content (AvgIpc) is 2.82. The van der Waals surface area contributed by atoms with Crippen LogP contribution in [0.3, 0.4) is 0 Å². The number of nitrogens with one attached hydrogen (secondary N) is 3. The van der Waals surface area contributed by atoms with Gasteiger partial charge in [0.15, 0.2) is 15.8 Å². The lowest BCUT2D eigenvalue weighted by atomic mass is 10.2. The van der Waals surface area contributed by atoms with Crippen LogP contribution in [0.15, 0.2) is 4.99 Å². The number of carbonyl (C=O) groups excluding carboxylic acids is 1. The van der Waals surface area contributed by atoms with Crippen LogP contribution in [0.2, 0.25) is 0 Å². The summed E-state index contributed by atoms with van der Waals surface area (Å²) in [5.74, 6) is 0.833. The Bertz CT molecular complexity index is 497. The second kappa shape index (κ2) is 12.7. The minimum absolute atomic E-state index is 0. The fraction of sp³-hybridized carbons (Fsp3) is 0.867. The number of unbranched alkanes of at least 4 members (excludes halogenated alkanes) is 2. The highest BCUT2D eigenvalue weighted by Crippen LogP contribution is 2.11. The molecule has 0 aromatic rings. The van der Waals surface area contributed by atoms with E-state index < -0.39 is 9.84 Å². The van der Waals surface area contributed by atoms with E-state index in [4.69, 9.17) is 0 Å². The van der Waals surface area contributed by atoms with Crippen molar-refractivity contribution in [1.82, 2.24) is 16.0 Å². The van der Waals surface area contributed by atoms with Crippen LogP contribution in [0.1, 0.15) is 46.0 Å². The van der Waals surface area contributed by atoms with E-state index >= 15 is 0 Å². The Morgan fingerprint density at radius 3 is 2.54 bits per heavy atom. The van der Waals surface area contributed by atoms with Gasteiger partial charge in [0.25, 0.3) is 0 Å². The zero-order valence-electron chi connectivity index (χ0n) is 14.6. The maximum absolute atomic E-state index is 11.8. The molecule has 1 fully saturated rings. The SMILES string of the molecule is CCCCCN=C(NCC)NCCC(=O)NC1CCS(=O)(=O)C1.I. The number of amides is 1. The van der Waals surface area contributed by atoms with Gasteiger partial charge in [0.05, 0.1) is 11.5 Å². The van der Waals surface area contributed by atoms with E-state index in [1.54, 1.807) is 0 Å². The van der Waals surface area contributed by atoms with Gasteiger partial charge in [0.2, 0.25) is 5.91 Å². The largest absolute Gasteiger partial charge is 0.357 e. The lowest BCUT2D eigenvalue weighted by Gasteiger charge is -2.13. The molecular weight excluding hydrogens is 443 g/mol. The first-order chi connectivity index (χ1) is 11.0. The molecule has 1 rings (SSSR count). The van der Waals surface area contributed by atoms with Gasteiger partial charge < -0.3 is 16.0 Å². The van der Waals surface area contributed by atoms with E-state index in [-0.39, 0.29) is 47.4 Å². The number of halogens is 1. The molecule has 1 aliphatic heterocycles. The lowest BCUT2D eigenvalue weighted by Crippen LogP contribution is -2.41. The van der Waals surface area contributed by atoms with Crippen LogP contribution in [0, 0.1) is 0 Å². The summed E-state index contributed by atoms with van der Waals surface area (Å²) < 4.78 is 22.7. The number of aliphatic imine (C=N–C) groups is 1. The van der Waals surface area contributed by atoms with Crippen LogP contribution in [0.25, 0.3) is 0 Å². The number of hydrogen-bond acceptors (Lipinski definition) is 4. The number of nitrogens with zero attached hydrogens (tertiary/aromatic N) is 1. The summed E-state index contributed by atoms with van der Waals surface area (Å²) in [7, 11) is -2.96. The summed E-state index contributed by atoms with van der Waals surface area (Å²) in [6.07, 6.45) is 4.20. The molecule has 0 aromatic carbocycles. The van der Waals surface area contributed by atoms with E-state index in [2.05, 4.69) is 27.9 Å². The second-order valence-electron chi connectivity index (χ2n) is 5.81. The van der Waals surface area contributed by atoms with Gasteiger partial charge in [-0.15, -0.1) is 24.0 Å². The van der Waals surface area contributed by atoms with Crippen LogP contribution in [-0.2, 0) is 14.6 Å². The third-order valence-electron chi connectivity index (χ3n) is 3.62. The highest BCUT2D eigenvalue weighted by Gasteiger charge is 2.28. The molecular formula is C15H31IN4O3S. The number of rotatable bonds is 9. The van der Waals surface area contributed by atoms with E-state index in [0.717, 1.165) is 38.3 Å². The van der Waals surface area contributed by atoms with Crippen molar-refractivity contribution in [1.29, 1.82) is 0 Å². The van der Waals surface area contributed by atoms with Crippen molar-refractivity contribution in [2.24, 2.45) is 4.99 Å². The van der Waals surface area contributed by atoms with Crippen molar-refractivity contribution in [2.75, 3.05) is 31.1 Å². The Balaban J connectivity index is 0.00000529. The minimum atomic E-state index is -2.96. The topological polar surface area (TPSA) is 99.7 Å². The van der Waals surface area contributed by atoms with Crippen LogP contribution < -0.4 is 16.0 Å². The standard InChI is InChI=1S/C15H30N4O3S.HI/c1-3-5-6-9-17-15(16-4-2)18-10-7-14(20)19-13-8-11-23(21,22)12-13;/h13H,3-12H2,1-2H3,(H,19,20)(H2,16,17,18);1H. The van der Waals surface area contributed by atoms with Crippen molar-refractivity contribution in [3.05, 3.63) is 0 Å². The van der Waals surface area contributed by atoms with Crippen molar-refractivity contribution in [3.63, 3.8) is 0 Å². The number of carbonyl (C=O) groups is 1. The van der Waals surface area contributed by atoms with Crippen LogP contribution in [0.5, 0.6) is 0 Å². The van der Waals surface area contributed by atoms with Gasteiger partial charge in [-0.2, -0.15) is 0 Å². The summed E-state index contributed by atoms with van der Waals surface area (Å²) in [4.78, 5) is 16.3. The maximum atomic E-state index is 11.8. The van der Waals surface area contributed by atoms with Gasteiger partial charge in [0, 0.05) is 32.1 Å². The predicted molar refractivity (Wildman–Crippen MR) is 109 cm³/mol. The van der Waals surface area contributed by atoms with Crippen LogP contribution in [0.4, 0.5) is 0 Å². The molecule has 0 saturated carbocycles. The van der Waals surface area contributed by atoms with Crippen molar-refractivity contribution >= 4 is 45.7 Å². The van der Waals surface area contributed by atoms with Crippen LogP contribution in [-0.4, -0.2) is 57.5 Å². The molecule has 9 heteroatoms. The molecule has 0 bridgehead atoms. The molecule has 24 heavy (non-hydrogen) atoms. The van der Waals surface area contributed by atoms with Gasteiger partial charge >= 0.3 is 0 Å². The summed E-state index contributed by atoms with van der Waals surface area (Å²) in [6, 6.07) is -0.233. The fourth-order valence-corrected chi connectivity index (χ4v) is 4.07. The first kappa shape index (κ1) is 23.4. The zero-order valence-corrected chi connectivity index (χ0v) is 17.8. The highest BCUT2D eigenvalue weighted by atomic mass is 127. The van der Waals surface area contributed by atoms with Crippen molar-refractivity contribution in [2.45, 2.75) is 52.0 Å². The molecule has 0 radical (unpaired) electrons. The quantitative estimate of drug-likeness (QED) is 0.201. The maximum Gasteiger partial charge on any atom is 0.222 e. The molecule has 0 aromatic heterocycles. The molecule has 142 valence electrons. The third-order valence-corrected chi connectivity index (χ3v) is 5.39. The minimum Gasteiger partial charge on any atom is -0.357 e. The first-order valence-electron chi connectivity index (χ1n) is 8.48. The fourth-order valence-electron chi connectivity index (χ4n) is 2.40. The Morgan fingerprint density at radius 2 is 1.96 bits per heavy atom. The van der Waals surface area contributed by atoms with Gasteiger partial charge in [-0.1, -0.05) is 19.8 Å². The van der Waals surface area contributed by atoms with Gasteiger partial charge in [-0.3, -0.25) is 9.79 Å². The molecule has 1 aliphatic rings. The first-order valence-corrected chi connectivity index (χ1v) is 10.3. The van der Waals surface area contributed by atoms with E-state index in [1.165, 1.54) is 0 Å². The van der Waals surface area contributed by atoms with Gasteiger partial charge in [-0.25, -0.2) is 8.42 Å². The molecule has 0 aliphatic carbocycles. The Labute approximate surface area is 162 Å². The monoisotopic (exact) mass is 474 g/mol. The van der Waals surface area contributed by atoms with Crippen molar-refractivity contribution in [3.8, 4) is 0 Å². The molecule has 0 spiro atoms. The highest BCUT2D eigenvalue weighted by molar-refractivity contribution is 14.0. The molecule has 1 heterocycles. The van der Waals surface area contributed by atoms with Gasteiger partial charge in [0.1, 0.15) is 0 Å². The second-order valence-corrected chi connectivity index (χ2v) is 8.04. The molecule has 1 saturated heterocycles. The van der Waals surface area contributed by atoms with E-state index in [0.29, 0.717) is 19.4 Å². The molecule has 3 N–H and O–H groups in total. The summed E-state index contributed by atoms with van der Waals surface area (Å²) in [5.41, 5.74) is 0. The summed E-state index contributed by atoms with van der Waals surface area (Å²) >= 11 is 0. The number of hydrogen-bond donors (Lipinski definition) is 3. The Hall–Kier alpha value is -0.580. The Morgan fingerprint density at radius 1 is 1.21 bits per heavy atom. The lowest BCUT2D eigenvalue weighted by molar-refractivity contribution is -0.121. The van der Waals surface area contributed by atoms with E-state index in [1.807, 2.05) is 6.92 Å². The van der Waals surface area contributed by atoms with Gasteiger partial charge in [-0.05, 0) is 19.8 Å². The average molecular weight is 474 g/mol. The smallest absolute Gasteiger partial charge is 0.222 e. The normalized spacial score (nSPS) is 19.4. The zero-order chi connectivity index (χ0) is 17.1. The molecule has 1 amide bonds. The number of guanidine groups is 1. The van der Waals surface area contributed by atoms with Crippen molar-refractivity contribution < 1.29 is 13.2 Å². The summed E-state index contributed by atoms with van der Waals surface area (Å²) in [6.45, 7) is 6.17. The summed E-state index contributed by atoms with van der Waals surface area (Å²) in [5, 5.41) is 9.06. The number of sulfone groups is 1. The molecule has 1 atom stereocenters. The molecule has 7 nitrogen and oxygen atoms in total. The Kier molecular flexibility index (Phi) is 12.4. The van der Waals surface area contributed by atoms with Crippen LogP contribution >= 0.6 is 24.0 Å². The molecule has 1 unspecified atom stereocenters. The predicted octanol–water partition coefficient (Wildman–Crippen LogP) is 1.04. The third kappa shape index (κ3) is 10.3.